The van der Waals surface area contributed by atoms with Gasteiger partial charge in [0.1, 0.15) is 6.10 Å². The van der Waals surface area contributed by atoms with Crippen molar-refractivity contribution in [3.63, 3.8) is 0 Å². The number of carbonyl (C=O) groups is 1. The van der Waals surface area contributed by atoms with E-state index in [1.165, 1.54) is 19.3 Å². The van der Waals surface area contributed by atoms with Gasteiger partial charge in [-0.2, -0.15) is 4.98 Å². The highest BCUT2D eigenvalue weighted by molar-refractivity contribution is 5.75. The molecule has 3 rings (SSSR count). The van der Waals surface area contributed by atoms with Gasteiger partial charge in [0.05, 0.1) is 6.54 Å². The molecule has 1 aliphatic heterocycles. The van der Waals surface area contributed by atoms with Crippen molar-refractivity contribution in [3.8, 4) is 0 Å². The Morgan fingerprint density at radius 3 is 3.04 bits per heavy atom. The number of nitrogens with one attached hydrogen (secondary N) is 1. The molecular formula is C17H28N4O3. The predicted octanol–water partition coefficient (Wildman–Crippen LogP) is 3.03. The Morgan fingerprint density at radius 2 is 2.25 bits per heavy atom. The minimum atomic E-state index is -0.204. The third kappa shape index (κ3) is 3.55. The molecule has 1 aromatic rings. The first-order valence-electron chi connectivity index (χ1n) is 9.10. The minimum Gasteiger partial charge on any atom is -0.371 e. The highest BCUT2D eigenvalue weighted by Gasteiger charge is 2.42. The van der Waals surface area contributed by atoms with Crippen LogP contribution in [0.2, 0.25) is 0 Å². The lowest BCUT2D eigenvalue weighted by molar-refractivity contribution is 0.0683. The molecule has 0 radical (unpaired) electrons. The highest BCUT2D eigenvalue weighted by atomic mass is 16.5. The molecule has 2 heterocycles. The van der Waals surface area contributed by atoms with E-state index in [0.29, 0.717) is 36.3 Å². The number of nitrogens with zero attached hydrogens (tertiary/aromatic N) is 3. The summed E-state index contributed by atoms with van der Waals surface area (Å²) in [5.74, 6) is 1.60. The van der Waals surface area contributed by atoms with Crippen molar-refractivity contribution in [1.29, 1.82) is 0 Å². The van der Waals surface area contributed by atoms with Crippen molar-refractivity contribution >= 4 is 6.03 Å². The van der Waals surface area contributed by atoms with Crippen LogP contribution in [0.1, 0.15) is 70.7 Å². The van der Waals surface area contributed by atoms with E-state index in [-0.39, 0.29) is 18.7 Å². The van der Waals surface area contributed by atoms with E-state index in [9.17, 15) is 4.79 Å². The smallest absolute Gasteiger partial charge is 0.318 e. The number of carbonyl (C=O) groups excluding carboxylic acids is 1. The molecule has 0 spiro atoms. The first-order chi connectivity index (χ1) is 11.6. The van der Waals surface area contributed by atoms with E-state index >= 15 is 0 Å². The van der Waals surface area contributed by atoms with Crippen LogP contribution < -0.4 is 5.32 Å². The molecule has 2 amide bonds. The van der Waals surface area contributed by atoms with Gasteiger partial charge in [-0.05, 0) is 46.0 Å². The van der Waals surface area contributed by atoms with Crippen molar-refractivity contribution in [1.82, 2.24) is 20.4 Å². The van der Waals surface area contributed by atoms with Gasteiger partial charge in [-0.25, -0.2) is 4.79 Å². The molecule has 1 aromatic heterocycles. The van der Waals surface area contributed by atoms with Crippen molar-refractivity contribution in [2.75, 3.05) is 6.61 Å². The summed E-state index contributed by atoms with van der Waals surface area (Å²) in [6, 6.07) is 0.675. The Balaban J connectivity index is 1.55. The number of hydrogen-bond donors (Lipinski definition) is 1. The quantitative estimate of drug-likeness (QED) is 0.894. The number of aromatic nitrogens is 2. The van der Waals surface area contributed by atoms with E-state index in [1.54, 1.807) is 0 Å². The minimum absolute atomic E-state index is 0.0190. The largest absolute Gasteiger partial charge is 0.371 e. The molecule has 0 aromatic carbocycles. The van der Waals surface area contributed by atoms with E-state index in [1.807, 2.05) is 18.7 Å². The summed E-state index contributed by atoms with van der Waals surface area (Å²) in [6.45, 7) is 6.80. The lowest BCUT2D eigenvalue weighted by atomic mass is 9.85. The zero-order valence-electron chi connectivity index (χ0n) is 14.8. The molecule has 0 bridgehead atoms. The topological polar surface area (TPSA) is 80.5 Å². The molecule has 24 heavy (non-hydrogen) atoms. The second-order valence-electron chi connectivity index (χ2n) is 6.91. The molecule has 2 fully saturated rings. The number of rotatable bonds is 5. The summed E-state index contributed by atoms with van der Waals surface area (Å²) in [7, 11) is 0. The molecule has 1 saturated heterocycles. The number of ether oxygens (including phenoxy) is 1. The number of urea groups is 1. The fourth-order valence-corrected chi connectivity index (χ4v) is 4.13. The third-order valence-electron chi connectivity index (χ3n) is 5.23. The van der Waals surface area contributed by atoms with E-state index in [4.69, 9.17) is 9.26 Å². The second kappa shape index (κ2) is 7.51. The van der Waals surface area contributed by atoms with Crippen molar-refractivity contribution in [3.05, 3.63) is 11.7 Å². The molecule has 2 aliphatic rings. The Morgan fingerprint density at radius 1 is 1.46 bits per heavy atom. The van der Waals surface area contributed by atoms with E-state index < -0.39 is 0 Å². The van der Waals surface area contributed by atoms with E-state index in [2.05, 4.69) is 22.4 Å². The van der Waals surface area contributed by atoms with Gasteiger partial charge in [0.2, 0.25) is 5.89 Å². The van der Waals surface area contributed by atoms with Gasteiger partial charge in [-0.15, -0.1) is 0 Å². The Hall–Kier alpha value is -1.63. The Labute approximate surface area is 143 Å². The monoisotopic (exact) mass is 336 g/mol. The molecule has 1 aliphatic carbocycles. The molecular weight excluding hydrogens is 308 g/mol. The average molecular weight is 336 g/mol. The van der Waals surface area contributed by atoms with Gasteiger partial charge in [-0.3, -0.25) is 0 Å². The van der Waals surface area contributed by atoms with Crippen molar-refractivity contribution in [2.45, 2.75) is 77.6 Å². The zero-order chi connectivity index (χ0) is 17.1. The zero-order valence-corrected chi connectivity index (χ0v) is 14.8. The van der Waals surface area contributed by atoms with Gasteiger partial charge in [0.15, 0.2) is 5.82 Å². The molecule has 0 unspecified atom stereocenters. The summed E-state index contributed by atoms with van der Waals surface area (Å²) in [5, 5.41) is 6.85. The van der Waals surface area contributed by atoms with Crippen molar-refractivity contribution < 1.29 is 14.1 Å². The maximum Gasteiger partial charge on any atom is 0.318 e. The van der Waals surface area contributed by atoms with Crippen LogP contribution >= 0.6 is 0 Å². The fourth-order valence-electron chi connectivity index (χ4n) is 4.13. The van der Waals surface area contributed by atoms with Gasteiger partial charge >= 0.3 is 6.03 Å². The van der Waals surface area contributed by atoms with Crippen LogP contribution in [0.25, 0.3) is 0 Å². The number of hydrogen-bond acceptors (Lipinski definition) is 5. The van der Waals surface area contributed by atoms with Gasteiger partial charge in [0, 0.05) is 18.7 Å². The van der Waals surface area contributed by atoms with Crippen LogP contribution in [0, 0.1) is 5.92 Å². The van der Waals surface area contributed by atoms with Crippen LogP contribution in [0.4, 0.5) is 4.79 Å². The van der Waals surface area contributed by atoms with Crippen LogP contribution in [-0.2, 0) is 11.3 Å². The van der Waals surface area contributed by atoms with Crippen LogP contribution in [0.5, 0.6) is 0 Å². The number of fused-ring (bicyclic) bond motifs is 1. The molecule has 1 N–H and O–H groups in total. The summed E-state index contributed by atoms with van der Waals surface area (Å²) in [6.07, 6.45) is 5.81. The standard InChI is InChI=1S/C17H28N4O3/c1-4-23-12(3)16-19-15(24-20-16)10-18-17(22)21-11(2)9-13-7-5-6-8-14(13)21/h11-14H,4-10H2,1-3H3,(H,18,22)/t11-,12-,13-,14-/m1/s1. The summed E-state index contributed by atoms with van der Waals surface area (Å²) >= 11 is 0. The predicted molar refractivity (Wildman–Crippen MR) is 88.2 cm³/mol. The summed E-state index contributed by atoms with van der Waals surface area (Å²) in [4.78, 5) is 19.0. The van der Waals surface area contributed by atoms with Gasteiger partial charge in [0.25, 0.3) is 0 Å². The second-order valence-corrected chi connectivity index (χ2v) is 6.91. The first-order valence-corrected chi connectivity index (χ1v) is 9.10. The molecule has 4 atom stereocenters. The molecule has 134 valence electrons. The lowest BCUT2D eigenvalue weighted by Gasteiger charge is -2.33. The van der Waals surface area contributed by atoms with Crippen LogP contribution in [-0.4, -0.2) is 39.8 Å². The van der Waals surface area contributed by atoms with Gasteiger partial charge < -0.3 is 19.5 Å². The Kier molecular flexibility index (Phi) is 5.38. The van der Waals surface area contributed by atoms with Crippen molar-refractivity contribution in [2.24, 2.45) is 5.92 Å². The maximum atomic E-state index is 12.6. The maximum absolute atomic E-state index is 12.6. The van der Waals surface area contributed by atoms with Crippen LogP contribution in [0.15, 0.2) is 4.52 Å². The number of likely N-dealkylation sites (tertiary alicyclic amines) is 1. The molecule has 1 saturated carbocycles. The first kappa shape index (κ1) is 17.2. The third-order valence-corrected chi connectivity index (χ3v) is 5.23. The highest BCUT2D eigenvalue weighted by Crippen LogP contribution is 2.39. The number of amides is 2. The van der Waals surface area contributed by atoms with E-state index in [0.717, 1.165) is 12.8 Å². The molecule has 7 heteroatoms. The summed E-state index contributed by atoms with van der Waals surface area (Å²) < 4.78 is 10.6. The SMILES string of the molecule is CCO[C@H](C)c1noc(CNC(=O)N2[C@H](C)C[C@H]3CCCC[C@H]32)n1. The fraction of sp³-hybridized carbons (Fsp3) is 0.824. The van der Waals surface area contributed by atoms with Gasteiger partial charge in [-0.1, -0.05) is 18.0 Å². The Bertz CT molecular complexity index is 562. The lowest BCUT2D eigenvalue weighted by Crippen LogP contribution is -2.47. The summed E-state index contributed by atoms with van der Waals surface area (Å²) in [5.41, 5.74) is 0. The average Bonchev–Trinajstić information content (AvgIpc) is 3.16. The van der Waals surface area contributed by atoms with Crippen LogP contribution in [0.3, 0.4) is 0 Å². The normalized spacial score (nSPS) is 27.8. The molecule has 7 nitrogen and oxygen atoms in total.